The molecule has 5 rings (SSSR count). The second-order valence-electron chi connectivity index (χ2n) is 10.0. The Balaban J connectivity index is 1.45. The number of likely N-dealkylation sites (tertiary alicyclic amines) is 1. The number of nitrogens with zero attached hydrogens (tertiary/aromatic N) is 4. The van der Waals surface area contributed by atoms with E-state index in [2.05, 4.69) is 18.4 Å². The molecular weight excluding hydrogens is 416 g/mol. The first-order valence-electron chi connectivity index (χ1n) is 12.3. The van der Waals surface area contributed by atoms with Crippen molar-refractivity contribution in [3.05, 3.63) is 47.0 Å². The van der Waals surface area contributed by atoms with Gasteiger partial charge in [0.05, 0.1) is 18.8 Å². The summed E-state index contributed by atoms with van der Waals surface area (Å²) >= 11 is 0. The zero-order chi connectivity index (χ0) is 23.2. The molecule has 1 aromatic carbocycles. The first-order chi connectivity index (χ1) is 15.9. The highest BCUT2D eigenvalue weighted by Gasteiger charge is 2.59. The van der Waals surface area contributed by atoms with E-state index in [-0.39, 0.29) is 12.0 Å². The summed E-state index contributed by atoms with van der Waals surface area (Å²) in [7, 11) is 0. The maximum atomic E-state index is 13.8. The Hall–Kier alpha value is -2.83. The Kier molecular flexibility index (Phi) is 5.67. The summed E-state index contributed by atoms with van der Waals surface area (Å²) in [5.74, 6) is 1.67. The molecule has 0 bridgehead atoms. The number of aromatic nitrogens is 2. The van der Waals surface area contributed by atoms with Gasteiger partial charge < -0.3 is 19.1 Å². The lowest BCUT2D eigenvalue weighted by atomic mass is 9.75. The molecule has 1 fully saturated rings. The summed E-state index contributed by atoms with van der Waals surface area (Å²) in [5.41, 5.74) is 3.87. The fourth-order valence-corrected chi connectivity index (χ4v) is 5.58. The molecule has 176 valence electrons. The van der Waals surface area contributed by atoms with Crippen molar-refractivity contribution in [1.82, 2.24) is 14.5 Å². The van der Waals surface area contributed by atoms with Crippen LogP contribution >= 0.6 is 0 Å². The number of imidazole rings is 1. The van der Waals surface area contributed by atoms with E-state index < -0.39 is 5.41 Å². The van der Waals surface area contributed by atoms with E-state index in [0.717, 1.165) is 42.9 Å². The van der Waals surface area contributed by atoms with Crippen LogP contribution in [0, 0.1) is 5.92 Å². The van der Waals surface area contributed by atoms with Crippen molar-refractivity contribution in [2.45, 2.75) is 71.4 Å². The molecule has 1 aliphatic carbocycles. The van der Waals surface area contributed by atoms with Crippen molar-refractivity contribution in [2.75, 3.05) is 24.6 Å². The number of amides is 2. The average Bonchev–Trinajstić information content (AvgIpc) is 3.24. The summed E-state index contributed by atoms with van der Waals surface area (Å²) in [4.78, 5) is 34.6. The van der Waals surface area contributed by atoms with Gasteiger partial charge in [0.1, 0.15) is 11.2 Å². The third kappa shape index (κ3) is 3.62. The van der Waals surface area contributed by atoms with Crippen LogP contribution in [0.25, 0.3) is 0 Å². The molecule has 0 saturated carbocycles. The molecule has 0 radical (unpaired) electrons. The molecule has 2 aliphatic heterocycles. The predicted octanol–water partition coefficient (Wildman–Crippen LogP) is 4.06. The molecule has 2 aromatic rings. The third-order valence-corrected chi connectivity index (χ3v) is 7.35. The van der Waals surface area contributed by atoms with Crippen LogP contribution in [0.4, 0.5) is 10.5 Å². The molecule has 0 unspecified atom stereocenters. The molecular formula is C26H34N4O3. The first kappa shape index (κ1) is 22.0. The topological polar surface area (TPSA) is 67.7 Å². The second kappa shape index (κ2) is 8.50. The van der Waals surface area contributed by atoms with Gasteiger partial charge >= 0.3 is 6.09 Å². The minimum Gasteiger partial charge on any atom is -0.450 e. The Morgan fingerprint density at radius 1 is 1.18 bits per heavy atom. The van der Waals surface area contributed by atoms with Crippen LogP contribution in [-0.2, 0) is 40.9 Å². The van der Waals surface area contributed by atoms with Crippen molar-refractivity contribution in [3.63, 3.8) is 0 Å². The fourth-order valence-electron chi connectivity index (χ4n) is 5.58. The predicted molar refractivity (Wildman–Crippen MR) is 126 cm³/mol. The van der Waals surface area contributed by atoms with Gasteiger partial charge in [0.25, 0.3) is 0 Å². The largest absolute Gasteiger partial charge is 0.450 e. The summed E-state index contributed by atoms with van der Waals surface area (Å²) in [6, 6.07) is 8.02. The van der Waals surface area contributed by atoms with Crippen LogP contribution in [0.5, 0.6) is 0 Å². The van der Waals surface area contributed by atoms with Crippen molar-refractivity contribution in [3.8, 4) is 0 Å². The molecule has 1 saturated heterocycles. The molecule has 33 heavy (non-hydrogen) atoms. The van der Waals surface area contributed by atoms with Crippen LogP contribution < -0.4 is 4.90 Å². The summed E-state index contributed by atoms with van der Waals surface area (Å²) in [6.45, 7) is 8.79. The SMILES string of the molecule is CCOC(=O)N1CC2(C1)C(=O)N(Cc1nc3c(n1CCC(C)C)CCCC3)c1ccccc12. The molecule has 3 aliphatic rings. The van der Waals surface area contributed by atoms with Gasteiger partial charge in [-0.2, -0.15) is 0 Å². The Morgan fingerprint density at radius 2 is 1.94 bits per heavy atom. The summed E-state index contributed by atoms with van der Waals surface area (Å²) in [5, 5.41) is 0. The Morgan fingerprint density at radius 3 is 2.70 bits per heavy atom. The number of fused-ring (bicyclic) bond motifs is 3. The van der Waals surface area contributed by atoms with Crippen LogP contribution in [0.3, 0.4) is 0 Å². The number of para-hydroxylation sites is 1. The van der Waals surface area contributed by atoms with Gasteiger partial charge in [-0.25, -0.2) is 9.78 Å². The number of carbonyl (C=O) groups excluding carboxylic acids is 2. The smallest absolute Gasteiger partial charge is 0.409 e. The molecule has 2 amide bonds. The van der Waals surface area contributed by atoms with E-state index in [1.165, 1.54) is 24.2 Å². The Bertz CT molecular complexity index is 1070. The van der Waals surface area contributed by atoms with Gasteiger partial charge in [-0.05, 0) is 56.6 Å². The van der Waals surface area contributed by atoms with Gasteiger partial charge in [-0.15, -0.1) is 0 Å². The van der Waals surface area contributed by atoms with Crippen molar-refractivity contribution >= 4 is 17.7 Å². The number of carbonyl (C=O) groups is 2. The lowest BCUT2D eigenvalue weighted by Gasteiger charge is -2.45. The summed E-state index contributed by atoms with van der Waals surface area (Å²) in [6.07, 6.45) is 5.25. The van der Waals surface area contributed by atoms with E-state index in [4.69, 9.17) is 9.72 Å². The minimum atomic E-state index is -0.668. The number of hydrogen-bond acceptors (Lipinski definition) is 4. The highest BCUT2D eigenvalue weighted by Crippen LogP contribution is 2.48. The first-order valence-corrected chi connectivity index (χ1v) is 12.3. The highest BCUT2D eigenvalue weighted by molar-refractivity contribution is 6.09. The quantitative estimate of drug-likeness (QED) is 0.666. The van der Waals surface area contributed by atoms with Gasteiger partial charge in [-0.3, -0.25) is 4.79 Å². The molecule has 1 spiro atoms. The highest BCUT2D eigenvalue weighted by atomic mass is 16.6. The molecule has 1 aromatic heterocycles. The van der Waals surface area contributed by atoms with Crippen LogP contribution in [0.2, 0.25) is 0 Å². The third-order valence-electron chi connectivity index (χ3n) is 7.35. The zero-order valence-corrected chi connectivity index (χ0v) is 20.0. The maximum Gasteiger partial charge on any atom is 0.409 e. The lowest BCUT2D eigenvalue weighted by molar-refractivity contribution is -0.128. The van der Waals surface area contributed by atoms with Crippen LogP contribution in [0.15, 0.2) is 24.3 Å². The maximum absolute atomic E-state index is 13.8. The zero-order valence-electron chi connectivity index (χ0n) is 20.0. The van der Waals surface area contributed by atoms with Gasteiger partial charge in [-0.1, -0.05) is 32.0 Å². The van der Waals surface area contributed by atoms with E-state index in [9.17, 15) is 9.59 Å². The molecule has 0 N–H and O–H groups in total. The second-order valence-corrected chi connectivity index (χ2v) is 10.0. The normalized spacial score (nSPS) is 18.5. The standard InChI is InChI=1S/C26H34N4O3/c1-4-33-25(32)28-16-26(17-28)19-9-5-7-11-21(19)30(24(26)31)15-23-27-20-10-6-8-12-22(20)29(23)14-13-18(2)3/h5,7,9,11,18H,4,6,8,10,12-17H2,1-3H3. The number of benzene rings is 1. The van der Waals surface area contributed by atoms with Gasteiger partial charge in [0, 0.05) is 31.0 Å². The fraction of sp³-hybridized carbons (Fsp3) is 0.577. The van der Waals surface area contributed by atoms with Crippen LogP contribution in [0.1, 0.15) is 62.8 Å². The number of aryl methyl sites for hydroxylation is 1. The minimum absolute atomic E-state index is 0.0700. The number of hydrogen-bond donors (Lipinski definition) is 0. The Labute approximate surface area is 195 Å². The average molecular weight is 451 g/mol. The number of anilines is 1. The van der Waals surface area contributed by atoms with E-state index >= 15 is 0 Å². The molecule has 7 heteroatoms. The van der Waals surface area contributed by atoms with Gasteiger partial charge in [0.2, 0.25) is 5.91 Å². The van der Waals surface area contributed by atoms with Crippen molar-refractivity contribution in [2.24, 2.45) is 5.92 Å². The van der Waals surface area contributed by atoms with Crippen molar-refractivity contribution < 1.29 is 14.3 Å². The van der Waals surface area contributed by atoms with E-state index in [1.54, 1.807) is 11.8 Å². The van der Waals surface area contributed by atoms with E-state index in [0.29, 0.717) is 32.2 Å². The lowest BCUT2D eigenvalue weighted by Crippen LogP contribution is -2.65. The van der Waals surface area contributed by atoms with Crippen LogP contribution in [-0.4, -0.2) is 46.1 Å². The van der Waals surface area contributed by atoms with Crippen molar-refractivity contribution in [1.29, 1.82) is 0 Å². The van der Waals surface area contributed by atoms with Gasteiger partial charge in [0.15, 0.2) is 0 Å². The molecule has 0 atom stereocenters. The number of ether oxygens (including phenoxy) is 1. The monoisotopic (exact) mass is 450 g/mol. The number of rotatable bonds is 6. The molecule has 7 nitrogen and oxygen atoms in total. The summed E-state index contributed by atoms with van der Waals surface area (Å²) < 4.78 is 7.54. The molecule has 3 heterocycles. The van der Waals surface area contributed by atoms with E-state index in [1.807, 2.05) is 29.2 Å².